The van der Waals surface area contributed by atoms with Gasteiger partial charge in [-0.1, -0.05) is 48.7 Å². The summed E-state index contributed by atoms with van der Waals surface area (Å²) < 4.78 is 4.02. The van der Waals surface area contributed by atoms with E-state index in [0.29, 0.717) is 12.5 Å². The van der Waals surface area contributed by atoms with Crippen LogP contribution in [0.4, 0.5) is 0 Å². The second kappa shape index (κ2) is 7.85. The minimum atomic E-state index is -0.0337. The molecule has 1 aromatic carbocycles. The highest BCUT2D eigenvalue weighted by Gasteiger charge is 2.30. The molecule has 1 aliphatic rings. The molecule has 0 spiro atoms. The fraction of sp³-hybridized carbons (Fsp3) is 0.500. The first-order chi connectivity index (χ1) is 11.6. The molecule has 1 atom stereocenters. The number of benzene rings is 1. The number of carbonyl (C=O) groups excluding carboxylic acids is 1. The van der Waals surface area contributed by atoms with Crippen molar-refractivity contribution in [1.82, 2.24) is 19.8 Å². The summed E-state index contributed by atoms with van der Waals surface area (Å²) in [5, 5.41) is 7.26. The Hall–Kier alpha value is -1.79. The molecule has 2 heterocycles. The number of nitrogens with one attached hydrogen (secondary N) is 1. The van der Waals surface area contributed by atoms with Gasteiger partial charge >= 0.3 is 0 Å². The van der Waals surface area contributed by atoms with E-state index in [0.717, 1.165) is 36.5 Å². The van der Waals surface area contributed by atoms with Crippen LogP contribution >= 0.6 is 11.5 Å². The highest BCUT2D eigenvalue weighted by Crippen LogP contribution is 2.22. The zero-order valence-corrected chi connectivity index (χ0v) is 15.1. The van der Waals surface area contributed by atoms with Crippen LogP contribution in [-0.4, -0.2) is 33.0 Å². The van der Waals surface area contributed by atoms with Gasteiger partial charge in [-0.3, -0.25) is 9.69 Å². The predicted octanol–water partition coefficient (Wildman–Crippen LogP) is 2.94. The maximum atomic E-state index is 12.6. The first-order valence-electron chi connectivity index (χ1n) is 8.52. The Kier molecular flexibility index (Phi) is 5.58. The van der Waals surface area contributed by atoms with Gasteiger partial charge in [0.2, 0.25) is 5.91 Å². The van der Waals surface area contributed by atoms with Gasteiger partial charge in [-0.15, -0.1) is 5.10 Å². The minimum absolute atomic E-state index is 0.0337. The molecule has 1 aliphatic heterocycles. The third-order valence-corrected chi connectivity index (χ3v) is 5.19. The van der Waals surface area contributed by atoms with Gasteiger partial charge in [0, 0.05) is 6.54 Å². The van der Waals surface area contributed by atoms with Crippen LogP contribution in [0.25, 0.3) is 0 Å². The highest BCUT2D eigenvalue weighted by atomic mass is 32.1. The van der Waals surface area contributed by atoms with Crippen molar-refractivity contribution < 1.29 is 4.79 Å². The Balaban J connectivity index is 1.58. The number of hydrogen-bond acceptors (Lipinski definition) is 5. The zero-order valence-electron chi connectivity index (χ0n) is 14.2. The van der Waals surface area contributed by atoms with E-state index in [1.807, 2.05) is 18.2 Å². The molecule has 24 heavy (non-hydrogen) atoms. The average Bonchev–Trinajstić information content (AvgIpc) is 3.22. The summed E-state index contributed by atoms with van der Waals surface area (Å²) in [7, 11) is 0. The molecule has 0 bridgehead atoms. The van der Waals surface area contributed by atoms with E-state index in [2.05, 4.69) is 45.8 Å². The SMILES string of the molecule is CC(C)c1nnsc1CNC(=O)C1CCCN1Cc1ccccc1. The molecule has 6 heteroatoms. The summed E-state index contributed by atoms with van der Waals surface area (Å²) in [5.41, 5.74) is 2.25. The van der Waals surface area contributed by atoms with Crippen molar-refractivity contribution >= 4 is 17.4 Å². The van der Waals surface area contributed by atoms with Gasteiger partial charge in [0.25, 0.3) is 0 Å². The van der Waals surface area contributed by atoms with Gasteiger partial charge in [-0.25, -0.2) is 0 Å². The summed E-state index contributed by atoms with van der Waals surface area (Å²) in [6.45, 7) is 6.53. The molecule has 1 unspecified atom stereocenters. The maximum Gasteiger partial charge on any atom is 0.237 e. The molecule has 0 radical (unpaired) electrons. The molecule has 1 N–H and O–H groups in total. The number of likely N-dealkylation sites (tertiary alicyclic amines) is 1. The van der Waals surface area contributed by atoms with Crippen LogP contribution in [0.15, 0.2) is 30.3 Å². The molecule has 1 amide bonds. The highest BCUT2D eigenvalue weighted by molar-refractivity contribution is 7.05. The van der Waals surface area contributed by atoms with Crippen molar-refractivity contribution in [3.63, 3.8) is 0 Å². The summed E-state index contributed by atoms with van der Waals surface area (Å²) in [5.74, 6) is 0.447. The van der Waals surface area contributed by atoms with Crippen molar-refractivity contribution in [3.8, 4) is 0 Å². The Bertz CT molecular complexity index is 671. The lowest BCUT2D eigenvalue weighted by Crippen LogP contribution is -2.42. The van der Waals surface area contributed by atoms with Crippen molar-refractivity contribution in [2.24, 2.45) is 0 Å². The first kappa shape index (κ1) is 17.0. The molecule has 5 nitrogen and oxygen atoms in total. The van der Waals surface area contributed by atoms with E-state index in [1.54, 1.807) is 0 Å². The van der Waals surface area contributed by atoms with Crippen molar-refractivity contribution in [1.29, 1.82) is 0 Å². The van der Waals surface area contributed by atoms with Crippen LogP contribution in [0.5, 0.6) is 0 Å². The number of amides is 1. The van der Waals surface area contributed by atoms with Crippen LogP contribution in [-0.2, 0) is 17.9 Å². The fourth-order valence-corrected chi connectivity index (χ4v) is 3.93. The molecule has 1 saturated heterocycles. The second-order valence-corrected chi connectivity index (χ2v) is 7.41. The van der Waals surface area contributed by atoms with Crippen molar-refractivity contribution in [3.05, 3.63) is 46.5 Å². The fourth-order valence-electron chi connectivity index (χ4n) is 3.19. The number of aromatic nitrogens is 2. The Morgan fingerprint density at radius 1 is 1.38 bits per heavy atom. The third kappa shape index (κ3) is 3.99. The monoisotopic (exact) mass is 344 g/mol. The molecular weight excluding hydrogens is 320 g/mol. The van der Waals surface area contributed by atoms with Crippen LogP contribution in [0.1, 0.15) is 48.7 Å². The van der Waals surface area contributed by atoms with E-state index in [4.69, 9.17) is 0 Å². The molecular formula is C18H24N4OS. The molecule has 0 aliphatic carbocycles. The van der Waals surface area contributed by atoms with Gasteiger partial charge in [0.1, 0.15) is 0 Å². The van der Waals surface area contributed by atoms with Crippen molar-refractivity contribution in [2.45, 2.75) is 51.7 Å². The number of nitrogens with zero attached hydrogens (tertiary/aromatic N) is 3. The van der Waals surface area contributed by atoms with Crippen molar-refractivity contribution in [2.75, 3.05) is 6.54 Å². The number of carbonyl (C=O) groups is 1. The molecule has 2 aromatic rings. The van der Waals surface area contributed by atoms with E-state index in [1.165, 1.54) is 17.1 Å². The number of hydrogen-bond donors (Lipinski definition) is 1. The van der Waals surface area contributed by atoms with Gasteiger partial charge < -0.3 is 5.32 Å². The second-order valence-electron chi connectivity index (χ2n) is 6.57. The summed E-state index contributed by atoms with van der Waals surface area (Å²) in [4.78, 5) is 16.0. The number of rotatable bonds is 6. The van der Waals surface area contributed by atoms with E-state index >= 15 is 0 Å². The molecule has 0 saturated carbocycles. The molecule has 1 fully saturated rings. The summed E-state index contributed by atoms with van der Waals surface area (Å²) in [6.07, 6.45) is 2.00. The van der Waals surface area contributed by atoms with Gasteiger partial charge in [0.15, 0.2) is 0 Å². The minimum Gasteiger partial charge on any atom is -0.350 e. The standard InChI is InChI=1S/C18H24N4OS/c1-13(2)17-16(24-21-20-17)11-19-18(23)15-9-6-10-22(15)12-14-7-4-3-5-8-14/h3-5,7-8,13,15H,6,9-12H2,1-2H3,(H,19,23). The first-order valence-corrected chi connectivity index (χ1v) is 9.29. The Morgan fingerprint density at radius 3 is 2.92 bits per heavy atom. The van der Waals surface area contributed by atoms with E-state index in [-0.39, 0.29) is 11.9 Å². The van der Waals surface area contributed by atoms with Crippen LogP contribution in [0.2, 0.25) is 0 Å². The summed E-state index contributed by atoms with van der Waals surface area (Å²) >= 11 is 1.38. The Morgan fingerprint density at radius 2 is 2.17 bits per heavy atom. The normalized spacial score (nSPS) is 18.2. The quantitative estimate of drug-likeness (QED) is 0.875. The average molecular weight is 344 g/mol. The van der Waals surface area contributed by atoms with Gasteiger partial charge in [-0.05, 0) is 42.4 Å². The smallest absolute Gasteiger partial charge is 0.237 e. The largest absolute Gasteiger partial charge is 0.350 e. The van der Waals surface area contributed by atoms with E-state index < -0.39 is 0 Å². The topological polar surface area (TPSA) is 58.1 Å². The van der Waals surface area contributed by atoms with Crippen LogP contribution in [0.3, 0.4) is 0 Å². The van der Waals surface area contributed by atoms with Crippen LogP contribution < -0.4 is 5.32 Å². The lowest BCUT2D eigenvalue weighted by atomic mass is 10.1. The zero-order chi connectivity index (χ0) is 16.9. The summed E-state index contributed by atoms with van der Waals surface area (Å²) in [6, 6.07) is 10.3. The Labute approximate surface area is 147 Å². The van der Waals surface area contributed by atoms with E-state index in [9.17, 15) is 4.79 Å². The molecule has 128 valence electrons. The lowest BCUT2D eigenvalue weighted by molar-refractivity contribution is -0.125. The third-order valence-electron chi connectivity index (χ3n) is 4.45. The molecule has 1 aromatic heterocycles. The molecule has 3 rings (SSSR count). The van der Waals surface area contributed by atoms with Crippen LogP contribution in [0, 0.1) is 0 Å². The maximum absolute atomic E-state index is 12.6. The van der Waals surface area contributed by atoms with Gasteiger partial charge in [0.05, 0.1) is 23.2 Å². The lowest BCUT2D eigenvalue weighted by Gasteiger charge is -2.23. The van der Waals surface area contributed by atoms with Gasteiger partial charge in [-0.2, -0.15) is 0 Å². The predicted molar refractivity (Wildman–Crippen MR) is 95.7 cm³/mol.